The highest BCUT2D eigenvalue weighted by molar-refractivity contribution is 9.13. The average molecular weight is 385 g/mol. The zero-order valence-corrected chi connectivity index (χ0v) is 11.6. The maximum atomic E-state index is 11.6. The molecule has 3 nitrogen and oxygen atoms in total. The van der Waals surface area contributed by atoms with Crippen LogP contribution in [0.5, 0.6) is 0 Å². The number of H-pyrrole nitrogens is 1. The van der Waals surface area contributed by atoms with E-state index in [2.05, 4.69) is 58.1 Å². The maximum absolute atomic E-state index is 11.6. The monoisotopic (exact) mass is 382 g/mol. The number of hydrogen-bond acceptors (Lipinski definition) is 1. The molecule has 0 bridgehead atoms. The Balaban J connectivity index is 2.65. The van der Waals surface area contributed by atoms with E-state index >= 15 is 0 Å². The highest BCUT2D eigenvalue weighted by atomic mass is 79.9. The van der Waals surface area contributed by atoms with Crippen LogP contribution in [0, 0.1) is 0 Å². The van der Waals surface area contributed by atoms with Crippen molar-refractivity contribution in [1.82, 2.24) is 10.3 Å². The number of aromatic amines is 1. The summed E-state index contributed by atoms with van der Waals surface area (Å²) in [4.78, 5) is 14.5. The molecule has 1 aliphatic heterocycles. The Bertz CT molecular complexity index is 436. The van der Waals surface area contributed by atoms with Gasteiger partial charge in [-0.1, -0.05) is 15.9 Å². The number of aromatic nitrogens is 1. The molecule has 2 N–H and O–H groups in total. The molecule has 0 aliphatic carbocycles. The molecule has 0 spiro atoms. The van der Waals surface area contributed by atoms with Crippen molar-refractivity contribution in [2.75, 3.05) is 6.54 Å². The Labute approximate surface area is 106 Å². The molecular formula is C8H5Br3N2O. The van der Waals surface area contributed by atoms with Crippen molar-refractivity contribution in [3.63, 3.8) is 0 Å². The lowest BCUT2D eigenvalue weighted by molar-refractivity contribution is 0.0954. The second kappa shape index (κ2) is 3.83. The van der Waals surface area contributed by atoms with Gasteiger partial charge in [0, 0.05) is 16.6 Å². The predicted octanol–water partition coefficient (Wildman–Crippen LogP) is 3.02. The minimum Gasteiger partial charge on any atom is -0.346 e. The number of nitrogens with one attached hydrogen (secondary N) is 2. The van der Waals surface area contributed by atoms with Crippen LogP contribution in [0.3, 0.4) is 0 Å². The van der Waals surface area contributed by atoms with Crippen LogP contribution in [0.25, 0.3) is 6.08 Å². The van der Waals surface area contributed by atoms with E-state index in [9.17, 15) is 4.79 Å². The first-order valence-electron chi connectivity index (χ1n) is 3.81. The van der Waals surface area contributed by atoms with E-state index in [1.54, 1.807) is 0 Å². The van der Waals surface area contributed by atoms with Crippen LogP contribution in [0.4, 0.5) is 0 Å². The molecule has 0 saturated heterocycles. The molecule has 14 heavy (non-hydrogen) atoms. The van der Waals surface area contributed by atoms with Gasteiger partial charge in [0.2, 0.25) is 0 Å². The van der Waals surface area contributed by atoms with Gasteiger partial charge in [-0.05, 0) is 37.9 Å². The predicted molar refractivity (Wildman–Crippen MR) is 65.4 cm³/mol. The average Bonchev–Trinajstić information content (AvgIpc) is 2.33. The molecule has 1 aromatic rings. The van der Waals surface area contributed by atoms with Crippen molar-refractivity contribution in [2.24, 2.45) is 0 Å². The molecule has 0 fully saturated rings. The third kappa shape index (κ3) is 1.70. The van der Waals surface area contributed by atoms with Crippen LogP contribution in [0.1, 0.15) is 16.1 Å². The van der Waals surface area contributed by atoms with Crippen LogP contribution in [0.15, 0.2) is 13.6 Å². The fourth-order valence-electron chi connectivity index (χ4n) is 1.24. The molecule has 1 aromatic heterocycles. The molecule has 1 aliphatic rings. The molecule has 1 amide bonds. The van der Waals surface area contributed by atoms with E-state index in [4.69, 9.17) is 0 Å². The Morgan fingerprint density at radius 3 is 2.71 bits per heavy atom. The molecule has 0 atom stereocenters. The Hall–Kier alpha value is -0.0700. The number of fused-ring (bicyclic) bond motifs is 1. The van der Waals surface area contributed by atoms with Crippen molar-refractivity contribution < 1.29 is 4.79 Å². The third-order valence-electron chi connectivity index (χ3n) is 1.88. The van der Waals surface area contributed by atoms with Gasteiger partial charge < -0.3 is 10.3 Å². The van der Waals surface area contributed by atoms with Crippen LogP contribution < -0.4 is 5.32 Å². The third-order valence-corrected chi connectivity index (χ3v) is 4.34. The van der Waals surface area contributed by atoms with Crippen molar-refractivity contribution in [2.45, 2.75) is 0 Å². The second-order valence-corrected chi connectivity index (χ2v) is 5.42. The number of carbonyl (C=O) groups excluding carboxylic acids is 1. The molecule has 0 unspecified atom stereocenters. The zero-order chi connectivity index (χ0) is 10.3. The van der Waals surface area contributed by atoms with Gasteiger partial charge in [0.05, 0.1) is 9.08 Å². The maximum Gasteiger partial charge on any atom is 0.268 e. The highest BCUT2D eigenvalue weighted by Gasteiger charge is 2.20. The lowest BCUT2D eigenvalue weighted by Crippen LogP contribution is -2.23. The minimum absolute atomic E-state index is 0.0999. The summed E-state index contributed by atoms with van der Waals surface area (Å²) in [7, 11) is 0. The summed E-state index contributed by atoms with van der Waals surface area (Å²) in [6, 6.07) is 0. The number of hydrogen-bond donors (Lipinski definition) is 2. The highest BCUT2D eigenvalue weighted by Crippen LogP contribution is 2.32. The van der Waals surface area contributed by atoms with E-state index in [0.717, 1.165) is 19.1 Å². The van der Waals surface area contributed by atoms with Gasteiger partial charge >= 0.3 is 0 Å². The van der Waals surface area contributed by atoms with Crippen molar-refractivity contribution in [3.05, 3.63) is 24.8 Å². The quantitative estimate of drug-likeness (QED) is 0.709. The molecular weight excluding hydrogens is 380 g/mol. The lowest BCUT2D eigenvalue weighted by atomic mass is 10.2. The summed E-state index contributed by atoms with van der Waals surface area (Å²) in [5, 5.41) is 2.76. The number of amides is 1. The SMILES string of the molecule is O=C1NCC(Br)=Cc2c1[nH]c(Br)c2Br. The normalized spacial score (nSPS) is 15.6. The largest absolute Gasteiger partial charge is 0.346 e. The van der Waals surface area contributed by atoms with Gasteiger partial charge in [0.15, 0.2) is 0 Å². The first-order valence-corrected chi connectivity index (χ1v) is 6.18. The van der Waals surface area contributed by atoms with Gasteiger partial charge in [-0.2, -0.15) is 0 Å². The molecule has 2 heterocycles. The van der Waals surface area contributed by atoms with E-state index in [1.165, 1.54) is 0 Å². The molecule has 0 radical (unpaired) electrons. The van der Waals surface area contributed by atoms with E-state index in [-0.39, 0.29) is 5.91 Å². The standard InChI is InChI=1S/C8H5Br3N2O/c9-3-1-4-5(10)7(11)13-6(4)8(14)12-2-3/h1,13H,2H2,(H,12,14). The lowest BCUT2D eigenvalue weighted by Gasteiger charge is -1.98. The molecule has 74 valence electrons. The minimum atomic E-state index is -0.0999. The van der Waals surface area contributed by atoms with E-state index < -0.39 is 0 Å². The summed E-state index contributed by atoms with van der Waals surface area (Å²) < 4.78 is 2.58. The number of carbonyl (C=O) groups is 1. The summed E-state index contributed by atoms with van der Waals surface area (Å²) in [6.45, 7) is 0.519. The van der Waals surface area contributed by atoms with E-state index in [0.29, 0.717) is 12.2 Å². The summed E-state index contributed by atoms with van der Waals surface area (Å²) in [6.07, 6.45) is 1.92. The molecule has 2 rings (SSSR count). The number of halogens is 3. The van der Waals surface area contributed by atoms with Gasteiger partial charge in [0.25, 0.3) is 5.91 Å². The first-order chi connectivity index (χ1) is 6.59. The fourth-order valence-corrected chi connectivity index (χ4v) is 2.43. The van der Waals surface area contributed by atoms with Crippen LogP contribution in [-0.2, 0) is 0 Å². The summed E-state index contributed by atoms with van der Waals surface area (Å²) >= 11 is 10.1. The van der Waals surface area contributed by atoms with Gasteiger partial charge in [-0.15, -0.1) is 0 Å². The van der Waals surface area contributed by atoms with Gasteiger partial charge in [-0.25, -0.2) is 0 Å². The van der Waals surface area contributed by atoms with E-state index in [1.807, 2.05) is 6.08 Å². The summed E-state index contributed by atoms with van der Waals surface area (Å²) in [5.74, 6) is -0.0999. The van der Waals surface area contributed by atoms with Crippen LogP contribution >= 0.6 is 47.8 Å². The second-order valence-electron chi connectivity index (χ2n) is 2.82. The number of rotatable bonds is 0. The Kier molecular flexibility index (Phi) is 2.86. The summed E-state index contributed by atoms with van der Waals surface area (Å²) in [5.41, 5.74) is 1.43. The Morgan fingerprint density at radius 1 is 1.29 bits per heavy atom. The van der Waals surface area contributed by atoms with Crippen LogP contribution in [0.2, 0.25) is 0 Å². The van der Waals surface area contributed by atoms with Crippen molar-refractivity contribution in [3.8, 4) is 0 Å². The smallest absolute Gasteiger partial charge is 0.268 e. The molecule has 0 aromatic carbocycles. The molecule has 6 heteroatoms. The van der Waals surface area contributed by atoms with Crippen molar-refractivity contribution >= 4 is 59.8 Å². The van der Waals surface area contributed by atoms with Gasteiger partial charge in [-0.3, -0.25) is 4.79 Å². The topological polar surface area (TPSA) is 44.9 Å². The fraction of sp³-hybridized carbons (Fsp3) is 0.125. The molecule has 0 saturated carbocycles. The first kappa shape index (κ1) is 10.4. The zero-order valence-electron chi connectivity index (χ0n) is 6.83. The van der Waals surface area contributed by atoms with Crippen LogP contribution in [-0.4, -0.2) is 17.4 Å². The van der Waals surface area contributed by atoms with Gasteiger partial charge in [0.1, 0.15) is 5.69 Å². The Morgan fingerprint density at radius 2 is 2.00 bits per heavy atom. The van der Waals surface area contributed by atoms with Crippen molar-refractivity contribution in [1.29, 1.82) is 0 Å².